The average molecular weight is 210 g/mol. The molecule has 3 heteroatoms. The van der Waals surface area contributed by atoms with E-state index in [1.165, 1.54) is 0 Å². The normalized spacial score (nSPS) is 32.2. The van der Waals surface area contributed by atoms with Crippen LogP contribution in [-0.2, 0) is 4.79 Å². The molecule has 0 aromatic heterocycles. The molecule has 0 radical (unpaired) electrons. The first-order valence-corrected chi connectivity index (χ1v) is 5.13. The fourth-order valence-corrected chi connectivity index (χ4v) is 2.63. The minimum atomic E-state index is -1.13. The highest BCUT2D eigenvalue weighted by Gasteiger charge is 2.55. The van der Waals surface area contributed by atoms with Crippen molar-refractivity contribution in [3.8, 4) is 12.3 Å². The lowest BCUT2D eigenvalue weighted by Gasteiger charge is -2.56. The lowest BCUT2D eigenvalue weighted by Crippen LogP contribution is -2.55. The van der Waals surface area contributed by atoms with Gasteiger partial charge in [-0.15, -0.1) is 6.42 Å². The maximum absolute atomic E-state index is 10.6. The van der Waals surface area contributed by atoms with Gasteiger partial charge in [0.1, 0.15) is 5.60 Å². The van der Waals surface area contributed by atoms with Crippen LogP contribution in [0, 0.1) is 29.6 Å². The molecule has 0 bridgehead atoms. The molecule has 1 aliphatic carbocycles. The fourth-order valence-electron chi connectivity index (χ4n) is 2.63. The van der Waals surface area contributed by atoms with Gasteiger partial charge in [0.2, 0.25) is 0 Å². The number of hydrogen-bond acceptors (Lipinski definition) is 2. The van der Waals surface area contributed by atoms with Crippen LogP contribution in [0.15, 0.2) is 0 Å². The van der Waals surface area contributed by atoms with Gasteiger partial charge in [0, 0.05) is 12.3 Å². The van der Waals surface area contributed by atoms with E-state index in [1.807, 2.05) is 13.8 Å². The SMILES string of the molecule is C#CC(C)(O)[C@@H]1C[C@H](CC(=O)O)C1(C)C. The van der Waals surface area contributed by atoms with E-state index in [0.29, 0.717) is 6.42 Å². The van der Waals surface area contributed by atoms with Crippen LogP contribution in [0.1, 0.15) is 33.6 Å². The molecule has 0 saturated heterocycles. The van der Waals surface area contributed by atoms with Crippen LogP contribution in [0.2, 0.25) is 0 Å². The third-order valence-corrected chi connectivity index (χ3v) is 3.86. The summed E-state index contributed by atoms with van der Waals surface area (Å²) < 4.78 is 0. The topological polar surface area (TPSA) is 57.5 Å². The maximum atomic E-state index is 10.6. The Morgan fingerprint density at radius 1 is 1.67 bits per heavy atom. The second-order valence-electron chi connectivity index (χ2n) is 5.20. The lowest BCUT2D eigenvalue weighted by molar-refractivity contribution is -0.152. The Morgan fingerprint density at radius 3 is 2.53 bits per heavy atom. The first-order chi connectivity index (χ1) is 6.71. The predicted octanol–water partition coefficient (Wildman–Crippen LogP) is 1.51. The molecular weight excluding hydrogens is 192 g/mol. The Morgan fingerprint density at radius 2 is 2.20 bits per heavy atom. The molecule has 1 saturated carbocycles. The summed E-state index contributed by atoms with van der Waals surface area (Å²) >= 11 is 0. The number of aliphatic hydroxyl groups is 1. The molecule has 3 atom stereocenters. The Kier molecular flexibility index (Phi) is 2.84. The summed E-state index contributed by atoms with van der Waals surface area (Å²) in [5.41, 5.74) is -1.33. The van der Waals surface area contributed by atoms with Gasteiger partial charge in [-0.2, -0.15) is 0 Å². The van der Waals surface area contributed by atoms with Gasteiger partial charge >= 0.3 is 5.97 Å². The van der Waals surface area contributed by atoms with Crippen LogP contribution in [0.4, 0.5) is 0 Å². The van der Waals surface area contributed by atoms with E-state index >= 15 is 0 Å². The van der Waals surface area contributed by atoms with Gasteiger partial charge in [0.05, 0.1) is 0 Å². The van der Waals surface area contributed by atoms with Gasteiger partial charge in [-0.05, 0) is 24.7 Å². The number of terminal acetylenes is 1. The zero-order chi connectivity index (χ0) is 11.9. The Balaban J connectivity index is 2.72. The van der Waals surface area contributed by atoms with E-state index in [0.717, 1.165) is 0 Å². The molecule has 0 aliphatic heterocycles. The molecule has 0 spiro atoms. The molecule has 0 heterocycles. The van der Waals surface area contributed by atoms with Crippen molar-refractivity contribution in [3.63, 3.8) is 0 Å². The summed E-state index contributed by atoms with van der Waals surface area (Å²) in [4.78, 5) is 10.6. The van der Waals surface area contributed by atoms with Crippen LogP contribution in [-0.4, -0.2) is 21.8 Å². The highest BCUT2D eigenvalue weighted by atomic mass is 16.4. The summed E-state index contributed by atoms with van der Waals surface area (Å²) in [6, 6.07) is 0. The molecule has 1 rings (SSSR count). The molecular formula is C12H18O3. The zero-order valence-electron chi connectivity index (χ0n) is 9.45. The number of aliphatic carboxylic acids is 1. The summed E-state index contributed by atoms with van der Waals surface area (Å²) in [5.74, 6) is 1.69. The van der Waals surface area contributed by atoms with Crippen LogP contribution in [0.25, 0.3) is 0 Å². The van der Waals surface area contributed by atoms with Crippen LogP contribution in [0.5, 0.6) is 0 Å². The van der Waals surface area contributed by atoms with Crippen molar-refractivity contribution in [2.24, 2.45) is 17.3 Å². The molecule has 15 heavy (non-hydrogen) atoms. The van der Waals surface area contributed by atoms with Gasteiger partial charge < -0.3 is 10.2 Å². The van der Waals surface area contributed by atoms with Crippen molar-refractivity contribution in [1.82, 2.24) is 0 Å². The van der Waals surface area contributed by atoms with Gasteiger partial charge in [0.25, 0.3) is 0 Å². The standard InChI is InChI=1S/C12H18O3/c1-5-12(4,15)9-6-8(7-10(13)14)11(9,2)3/h1,8-9,15H,6-7H2,2-4H3,(H,13,14)/t8-,9-,12?/m1/s1. The minimum absolute atomic E-state index is 0.0145. The smallest absolute Gasteiger partial charge is 0.303 e. The van der Waals surface area contributed by atoms with E-state index in [4.69, 9.17) is 11.5 Å². The molecule has 0 aromatic rings. The summed E-state index contributed by atoms with van der Waals surface area (Å²) in [5, 5.41) is 18.7. The van der Waals surface area contributed by atoms with Crippen LogP contribution in [0.3, 0.4) is 0 Å². The van der Waals surface area contributed by atoms with Crippen molar-refractivity contribution < 1.29 is 15.0 Å². The number of carbonyl (C=O) groups is 1. The number of carboxylic acids is 1. The van der Waals surface area contributed by atoms with E-state index < -0.39 is 11.6 Å². The largest absolute Gasteiger partial charge is 0.481 e. The van der Waals surface area contributed by atoms with Crippen LogP contribution < -0.4 is 0 Å². The predicted molar refractivity (Wildman–Crippen MR) is 57.1 cm³/mol. The molecule has 1 fully saturated rings. The van der Waals surface area contributed by atoms with Gasteiger partial charge in [-0.1, -0.05) is 19.8 Å². The van der Waals surface area contributed by atoms with E-state index in [9.17, 15) is 9.90 Å². The molecule has 1 unspecified atom stereocenters. The van der Waals surface area contributed by atoms with Crippen LogP contribution >= 0.6 is 0 Å². The Labute approximate surface area is 90.5 Å². The Bertz CT molecular complexity index is 309. The first-order valence-electron chi connectivity index (χ1n) is 5.13. The van der Waals surface area contributed by atoms with E-state index in [1.54, 1.807) is 6.92 Å². The van der Waals surface area contributed by atoms with Crippen molar-refractivity contribution >= 4 is 5.97 Å². The number of rotatable bonds is 3. The fraction of sp³-hybridized carbons (Fsp3) is 0.750. The molecule has 1 aliphatic rings. The monoisotopic (exact) mass is 210 g/mol. The third-order valence-electron chi connectivity index (χ3n) is 3.86. The summed E-state index contributed by atoms with van der Waals surface area (Å²) in [7, 11) is 0. The van der Waals surface area contributed by atoms with Crippen molar-refractivity contribution in [3.05, 3.63) is 0 Å². The zero-order valence-corrected chi connectivity index (χ0v) is 9.45. The molecule has 2 N–H and O–H groups in total. The highest BCUT2D eigenvalue weighted by Crippen LogP contribution is 2.56. The van der Waals surface area contributed by atoms with Crippen molar-refractivity contribution in [2.45, 2.75) is 39.2 Å². The average Bonchev–Trinajstić information content (AvgIpc) is 2.11. The second-order valence-corrected chi connectivity index (χ2v) is 5.20. The molecule has 84 valence electrons. The molecule has 0 amide bonds. The van der Waals surface area contributed by atoms with E-state index in [-0.39, 0.29) is 23.7 Å². The Hall–Kier alpha value is -1.01. The summed E-state index contributed by atoms with van der Waals surface area (Å²) in [6.07, 6.45) is 6.12. The first kappa shape index (κ1) is 12.1. The quantitative estimate of drug-likeness (QED) is 0.694. The van der Waals surface area contributed by atoms with E-state index in [2.05, 4.69) is 5.92 Å². The molecule has 0 aromatic carbocycles. The summed E-state index contributed by atoms with van der Waals surface area (Å²) in [6.45, 7) is 5.57. The third kappa shape index (κ3) is 2.00. The highest BCUT2D eigenvalue weighted by molar-refractivity contribution is 5.67. The van der Waals surface area contributed by atoms with Gasteiger partial charge in [-0.3, -0.25) is 4.79 Å². The minimum Gasteiger partial charge on any atom is -0.481 e. The lowest BCUT2D eigenvalue weighted by atomic mass is 9.49. The maximum Gasteiger partial charge on any atom is 0.303 e. The van der Waals surface area contributed by atoms with Crippen molar-refractivity contribution in [1.29, 1.82) is 0 Å². The van der Waals surface area contributed by atoms with Crippen molar-refractivity contribution in [2.75, 3.05) is 0 Å². The number of hydrogen-bond donors (Lipinski definition) is 2. The van der Waals surface area contributed by atoms with Gasteiger partial charge in [0.15, 0.2) is 0 Å². The second kappa shape index (κ2) is 3.53. The molecule has 3 nitrogen and oxygen atoms in total. The number of carboxylic acid groups (broad SMARTS) is 1. The van der Waals surface area contributed by atoms with Gasteiger partial charge in [-0.25, -0.2) is 0 Å².